The van der Waals surface area contributed by atoms with Gasteiger partial charge in [-0.15, -0.1) is 0 Å². The summed E-state index contributed by atoms with van der Waals surface area (Å²) in [4.78, 5) is 32.5. The largest absolute Gasteiger partial charge is 0.458 e. The minimum absolute atomic E-state index is 0.0259. The monoisotopic (exact) mass is 458 g/mol. The van der Waals surface area contributed by atoms with Crippen LogP contribution in [0.2, 0.25) is 0 Å². The van der Waals surface area contributed by atoms with Gasteiger partial charge in [-0.05, 0) is 74.6 Å². The molecule has 1 saturated heterocycles. The maximum absolute atomic E-state index is 12.9. The number of rotatable bonds is 5. The molecule has 0 saturated carbocycles. The Hall–Kier alpha value is -3.45. The highest BCUT2D eigenvalue weighted by atomic mass is 16.5. The van der Waals surface area contributed by atoms with Gasteiger partial charge in [0.2, 0.25) is 0 Å². The molecule has 0 atom stereocenters. The lowest BCUT2D eigenvalue weighted by atomic mass is 10.0. The zero-order chi connectivity index (χ0) is 23.7. The number of nitrogens with zero attached hydrogens (tertiary/aromatic N) is 4. The highest BCUT2D eigenvalue weighted by Gasteiger charge is 2.25. The van der Waals surface area contributed by atoms with Crippen molar-refractivity contribution in [2.75, 3.05) is 13.1 Å². The molecule has 7 nitrogen and oxygen atoms in total. The molecule has 0 spiro atoms. The van der Waals surface area contributed by atoms with Crippen LogP contribution in [0.25, 0.3) is 11.2 Å². The van der Waals surface area contributed by atoms with Gasteiger partial charge in [0.25, 0.3) is 0 Å². The number of ether oxygens (including phenoxy) is 1. The fourth-order valence-electron chi connectivity index (χ4n) is 4.82. The number of aromatic nitrogens is 3. The quantitative estimate of drug-likeness (QED) is 0.543. The second-order valence-corrected chi connectivity index (χ2v) is 9.17. The molecule has 0 radical (unpaired) electrons. The van der Waals surface area contributed by atoms with Gasteiger partial charge in [0.1, 0.15) is 11.5 Å². The van der Waals surface area contributed by atoms with Gasteiger partial charge in [-0.3, -0.25) is 19.1 Å². The first-order valence-corrected chi connectivity index (χ1v) is 11.9. The summed E-state index contributed by atoms with van der Waals surface area (Å²) >= 11 is 0. The number of hydrogen-bond acceptors (Lipinski definition) is 5. The van der Waals surface area contributed by atoms with E-state index in [1.807, 2.05) is 37.3 Å². The molecular formula is C27H30N4O3. The van der Waals surface area contributed by atoms with E-state index in [1.165, 1.54) is 10.1 Å². The Bertz CT molecular complexity index is 1370. The maximum Gasteiger partial charge on any atom is 0.318 e. The molecule has 7 heteroatoms. The van der Waals surface area contributed by atoms with Crippen LogP contribution in [0.1, 0.15) is 43.0 Å². The second kappa shape index (κ2) is 9.43. The van der Waals surface area contributed by atoms with E-state index in [0.717, 1.165) is 62.5 Å². The topological polar surface area (TPSA) is 69.4 Å². The van der Waals surface area contributed by atoms with Gasteiger partial charge in [-0.25, -0.2) is 4.98 Å². The lowest BCUT2D eigenvalue weighted by Crippen LogP contribution is -2.45. The summed E-state index contributed by atoms with van der Waals surface area (Å²) in [5.41, 5.74) is 2.38. The summed E-state index contributed by atoms with van der Waals surface area (Å²) in [6.07, 6.45) is 9.98. The van der Waals surface area contributed by atoms with Crippen molar-refractivity contribution in [2.24, 2.45) is 7.05 Å². The van der Waals surface area contributed by atoms with Gasteiger partial charge in [0.05, 0.1) is 5.52 Å². The SMILES string of the molecule is Cc1ccc2c(n1)n(C1CCN(Cc3ccc(OC4=CCCC=C4)cc3)CC1)c(=O)c(=O)n2C. The number of pyridine rings is 1. The van der Waals surface area contributed by atoms with E-state index in [9.17, 15) is 9.59 Å². The summed E-state index contributed by atoms with van der Waals surface area (Å²) in [5.74, 6) is 1.75. The number of hydrogen-bond donors (Lipinski definition) is 0. The predicted octanol–water partition coefficient (Wildman–Crippen LogP) is 3.85. The van der Waals surface area contributed by atoms with Crippen LogP contribution < -0.4 is 15.9 Å². The van der Waals surface area contributed by atoms with E-state index in [4.69, 9.17) is 4.74 Å². The minimum Gasteiger partial charge on any atom is -0.458 e. The van der Waals surface area contributed by atoms with Crippen LogP contribution in [0.15, 0.2) is 70.0 Å². The van der Waals surface area contributed by atoms with Crippen molar-refractivity contribution in [3.05, 3.63) is 92.4 Å². The molecule has 3 heterocycles. The molecule has 0 amide bonds. The number of likely N-dealkylation sites (tertiary alicyclic amines) is 1. The number of allylic oxidation sites excluding steroid dienone is 3. The lowest BCUT2D eigenvalue weighted by molar-refractivity contribution is 0.179. The normalized spacial score (nSPS) is 17.2. The summed E-state index contributed by atoms with van der Waals surface area (Å²) < 4.78 is 8.98. The first kappa shape index (κ1) is 22.3. The second-order valence-electron chi connectivity index (χ2n) is 9.17. The van der Waals surface area contributed by atoms with Crippen LogP contribution in [0.4, 0.5) is 0 Å². The molecule has 2 aromatic heterocycles. The van der Waals surface area contributed by atoms with Crippen LogP contribution in [0.5, 0.6) is 5.75 Å². The van der Waals surface area contributed by atoms with Gasteiger partial charge < -0.3 is 9.30 Å². The zero-order valence-corrected chi connectivity index (χ0v) is 19.7. The first-order chi connectivity index (χ1) is 16.5. The number of fused-ring (bicyclic) bond motifs is 1. The molecule has 3 aromatic rings. The van der Waals surface area contributed by atoms with E-state index in [-0.39, 0.29) is 6.04 Å². The summed E-state index contributed by atoms with van der Waals surface area (Å²) in [5, 5.41) is 0. The maximum atomic E-state index is 12.9. The molecule has 1 aromatic carbocycles. The number of benzene rings is 1. The Balaban J connectivity index is 1.27. The van der Waals surface area contributed by atoms with Gasteiger partial charge in [0.15, 0.2) is 5.65 Å². The Morgan fingerprint density at radius 2 is 1.76 bits per heavy atom. The average molecular weight is 459 g/mol. The van der Waals surface area contributed by atoms with Gasteiger partial charge in [0, 0.05) is 38.4 Å². The molecule has 1 aliphatic heterocycles. The van der Waals surface area contributed by atoms with Crippen LogP contribution >= 0.6 is 0 Å². The van der Waals surface area contributed by atoms with E-state index in [0.29, 0.717) is 11.2 Å². The molecule has 34 heavy (non-hydrogen) atoms. The molecule has 176 valence electrons. The smallest absolute Gasteiger partial charge is 0.318 e. The van der Waals surface area contributed by atoms with Crippen molar-refractivity contribution in [1.82, 2.24) is 19.0 Å². The predicted molar refractivity (Wildman–Crippen MR) is 133 cm³/mol. The summed E-state index contributed by atoms with van der Waals surface area (Å²) in [6, 6.07) is 12.0. The van der Waals surface area contributed by atoms with Crippen LogP contribution in [-0.2, 0) is 13.6 Å². The van der Waals surface area contributed by atoms with Gasteiger partial charge in [-0.1, -0.05) is 18.2 Å². The third kappa shape index (κ3) is 4.48. The standard InChI is InChI=1S/C27H30N4O3/c1-19-8-13-24-25(28-19)31(27(33)26(32)29(24)2)21-14-16-30(17-15-21)18-20-9-11-23(12-10-20)34-22-6-4-3-5-7-22/h4,6-13,21H,3,5,14-18H2,1-2H3. The number of piperidine rings is 1. The molecular weight excluding hydrogens is 428 g/mol. The Morgan fingerprint density at radius 1 is 1.00 bits per heavy atom. The fraction of sp³-hybridized carbons (Fsp3) is 0.370. The molecule has 0 N–H and O–H groups in total. The van der Waals surface area contributed by atoms with Crippen molar-refractivity contribution < 1.29 is 4.74 Å². The molecule has 5 rings (SSSR count). The molecule has 2 aliphatic rings. The number of aryl methyl sites for hydroxylation is 2. The Labute approximate surface area is 198 Å². The summed E-state index contributed by atoms with van der Waals surface area (Å²) in [7, 11) is 1.63. The third-order valence-electron chi connectivity index (χ3n) is 6.74. The van der Waals surface area contributed by atoms with E-state index in [1.54, 1.807) is 11.6 Å². The van der Waals surface area contributed by atoms with Crippen LogP contribution in [0, 0.1) is 6.92 Å². The van der Waals surface area contributed by atoms with E-state index in [2.05, 4.69) is 34.2 Å². The van der Waals surface area contributed by atoms with Gasteiger partial charge >= 0.3 is 11.1 Å². The molecule has 0 bridgehead atoms. The fourth-order valence-corrected chi connectivity index (χ4v) is 4.82. The van der Waals surface area contributed by atoms with Gasteiger partial charge in [-0.2, -0.15) is 0 Å². The summed E-state index contributed by atoms with van der Waals surface area (Å²) in [6.45, 7) is 4.46. The van der Waals surface area contributed by atoms with E-state index >= 15 is 0 Å². The van der Waals surface area contributed by atoms with Crippen molar-refractivity contribution in [3.63, 3.8) is 0 Å². The third-order valence-corrected chi connectivity index (χ3v) is 6.74. The molecule has 1 fully saturated rings. The molecule has 1 aliphatic carbocycles. The molecule has 0 unspecified atom stereocenters. The Morgan fingerprint density at radius 3 is 2.47 bits per heavy atom. The Kier molecular flexibility index (Phi) is 6.20. The van der Waals surface area contributed by atoms with Crippen molar-refractivity contribution >= 4 is 11.2 Å². The van der Waals surface area contributed by atoms with Crippen LogP contribution in [0.3, 0.4) is 0 Å². The van der Waals surface area contributed by atoms with Crippen LogP contribution in [-0.4, -0.2) is 32.1 Å². The highest BCUT2D eigenvalue weighted by Crippen LogP contribution is 2.26. The van der Waals surface area contributed by atoms with Crippen molar-refractivity contribution in [1.29, 1.82) is 0 Å². The van der Waals surface area contributed by atoms with Crippen molar-refractivity contribution in [3.8, 4) is 5.75 Å². The highest BCUT2D eigenvalue weighted by molar-refractivity contribution is 5.71. The minimum atomic E-state index is -0.498. The zero-order valence-electron chi connectivity index (χ0n) is 19.7. The first-order valence-electron chi connectivity index (χ1n) is 11.9. The van der Waals surface area contributed by atoms with Crippen molar-refractivity contribution in [2.45, 2.75) is 45.2 Å². The average Bonchev–Trinajstić information content (AvgIpc) is 2.85. The van der Waals surface area contributed by atoms with E-state index < -0.39 is 11.1 Å². The lowest BCUT2D eigenvalue weighted by Gasteiger charge is -2.33.